The minimum Gasteiger partial charge on any atom is -0.384 e. The van der Waals surface area contributed by atoms with Crippen molar-refractivity contribution in [1.29, 1.82) is 0 Å². The Morgan fingerprint density at radius 2 is 2.10 bits per heavy atom. The lowest BCUT2D eigenvalue weighted by Crippen LogP contribution is -2.12. The van der Waals surface area contributed by atoms with E-state index in [9.17, 15) is 4.79 Å². The van der Waals surface area contributed by atoms with Crippen LogP contribution in [0.25, 0.3) is 0 Å². The number of fused-ring (bicyclic) bond motifs is 1. The first kappa shape index (κ1) is 13.5. The van der Waals surface area contributed by atoms with Crippen molar-refractivity contribution in [3.05, 3.63) is 57.0 Å². The van der Waals surface area contributed by atoms with E-state index in [2.05, 4.69) is 26.6 Å². The number of anilines is 2. The van der Waals surface area contributed by atoms with Crippen LogP contribution in [0.3, 0.4) is 0 Å². The summed E-state index contributed by atoms with van der Waals surface area (Å²) < 4.78 is 0.762. The second-order valence-electron chi connectivity index (χ2n) is 4.63. The fraction of sp³-hybridized carbons (Fsp3) is 0.133. The molecule has 1 aliphatic heterocycles. The zero-order valence-corrected chi connectivity index (χ0v) is 12.9. The zero-order chi connectivity index (χ0) is 14.1. The molecule has 0 saturated carbocycles. The number of nitrogens with one attached hydrogen (secondary N) is 2. The normalized spacial score (nSPS) is 12.7. The summed E-state index contributed by atoms with van der Waals surface area (Å²) >= 11 is 9.27. The second kappa shape index (κ2) is 5.46. The standard InChI is InChI=1S/C15H12BrClN2O/c16-12-8-11(17)3-4-13(12)19-15(20)10-2-1-9-5-6-18-14(9)7-10/h1-4,7-8,18H,5-6H2,(H,19,20). The third-order valence-corrected chi connectivity index (χ3v) is 4.15. The molecule has 2 aromatic rings. The van der Waals surface area contributed by atoms with Gasteiger partial charge in [-0.3, -0.25) is 4.79 Å². The Morgan fingerprint density at radius 1 is 1.25 bits per heavy atom. The van der Waals surface area contributed by atoms with Crippen molar-refractivity contribution in [1.82, 2.24) is 0 Å². The van der Waals surface area contributed by atoms with Crippen molar-refractivity contribution in [2.24, 2.45) is 0 Å². The Balaban J connectivity index is 1.82. The molecule has 0 atom stereocenters. The van der Waals surface area contributed by atoms with Crippen molar-refractivity contribution >= 4 is 44.8 Å². The van der Waals surface area contributed by atoms with Crippen LogP contribution >= 0.6 is 27.5 Å². The minimum absolute atomic E-state index is 0.135. The van der Waals surface area contributed by atoms with Gasteiger partial charge in [0.1, 0.15) is 0 Å². The molecule has 5 heteroatoms. The van der Waals surface area contributed by atoms with Crippen molar-refractivity contribution in [2.45, 2.75) is 6.42 Å². The molecule has 0 unspecified atom stereocenters. The van der Waals surface area contributed by atoms with E-state index in [1.807, 2.05) is 18.2 Å². The highest BCUT2D eigenvalue weighted by molar-refractivity contribution is 9.10. The van der Waals surface area contributed by atoms with E-state index < -0.39 is 0 Å². The molecule has 3 nitrogen and oxygen atoms in total. The van der Waals surface area contributed by atoms with Gasteiger partial charge in [0.15, 0.2) is 0 Å². The molecule has 0 aliphatic carbocycles. The van der Waals surface area contributed by atoms with E-state index in [1.165, 1.54) is 5.56 Å². The van der Waals surface area contributed by atoms with Crippen molar-refractivity contribution in [3.8, 4) is 0 Å². The number of carbonyl (C=O) groups excluding carboxylic acids is 1. The fourth-order valence-electron chi connectivity index (χ4n) is 2.22. The molecule has 0 saturated heterocycles. The Hall–Kier alpha value is -1.52. The summed E-state index contributed by atoms with van der Waals surface area (Å²) in [6, 6.07) is 11.0. The van der Waals surface area contributed by atoms with Crippen LogP contribution in [0.2, 0.25) is 5.02 Å². The molecule has 3 rings (SSSR count). The predicted molar refractivity (Wildman–Crippen MR) is 85.7 cm³/mol. The Morgan fingerprint density at radius 3 is 2.90 bits per heavy atom. The number of carbonyl (C=O) groups is 1. The van der Waals surface area contributed by atoms with Gasteiger partial charge in [0.2, 0.25) is 0 Å². The zero-order valence-electron chi connectivity index (χ0n) is 10.5. The smallest absolute Gasteiger partial charge is 0.255 e. The van der Waals surface area contributed by atoms with E-state index in [0.29, 0.717) is 16.3 Å². The summed E-state index contributed by atoms with van der Waals surface area (Å²) in [4.78, 5) is 12.3. The van der Waals surface area contributed by atoms with Crippen molar-refractivity contribution < 1.29 is 4.79 Å². The van der Waals surface area contributed by atoms with Gasteiger partial charge in [-0.05, 0) is 58.2 Å². The van der Waals surface area contributed by atoms with E-state index in [-0.39, 0.29) is 5.91 Å². The summed E-state index contributed by atoms with van der Waals surface area (Å²) in [6.07, 6.45) is 1.01. The number of amides is 1. The van der Waals surface area contributed by atoms with Crippen LogP contribution in [0.4, 0.5) is 11.4 Å². The average molecular weight is 352 g/mol. The fourth-order valence-corrected chi connectivity index (χ4v) is 3.00. The molecule has 2 N–H and O–H groups in total. The predicted octanol–water partition coefficient (Wildman–Crippen LogP) is 4.32. The first-order chi connectivity index (χ1) is 9.63. The largest absolute Gasteiger partial charge is 0.384 e. The number of hydrogen-bond acceptors (Lipinski definition) is 2. The molecular formula is C15H12BrClN2O. The minimum atomic E-state index is -0.135. The van der Waals surface area contributed by atoms with E-state index >= 15 is 0 Å². The van der Waals surface area contributed by atoms with Gasteiger partial charge < -0.3 is 10.6 Å². The Kier molecular flexibility index (Phi) is 3.68. The third kappa shape index (κ3) is 2.67. The van der Waals surface area contributed by atoms with Crippen LogP contribution in [0, 0.1) is 0 Å². The number of hydrogen-bond donors (Lipinski definition) is 2. The van der Waals surface area contributed by atoms with Crippen molar-refractivity contribution in [2.75, 3.05) is 17.2 Å². The highest BCUT2D eigenvalue weighted by Gasteiger charge is 2.14. The van der Waals surface area contributed by atoms with Gasteiger partial charge in [-0.25, -0.2) is 0 Å². The molecule has 1 heterocycles. The van der Waals surface area contributed by atoms with Crippen LogP contribution < -0.4 is 10.6 Å². The number of halogens is 2. The Labute approximate surface area is 130 Å². The lowest BCUT2D eigenvalue weighted by atomic mass is 10.1. The molecule has 102 valence electrons. The Bertz CT molecular complexity index is 688. The molecular weight excluding hydrogens is 340 g/mol. The monoisotopic (exact) mass is 350 g/mol. The summed E-state index contributed by atoms with van der Waals surface area (Å²) in [5.74, 6) is -0.135. The second-order valence-corrected chi connectivity index (χ2v) is 5.92. The molecule has 1 aliphatic rings. The van der Waals surface area contributed by atoms with Crippen molar-refractivity contribution in [3.63, 3.8) is 0 Å². The van der Waals surface area contributed by atoms with Gasteiger partial charge >= 0.3 is 0 Å². The van der Waals surface area contributed by atoms with Gasteiger partial charge in [0, 0.05) is 27.3 Å². The molecule has 2 aromatic carbocycles. The molecule has 0 fully saturated rings. The molecule has 0 spiro atoms. The van der Waals surface area contributed by atoms with Gasteiger partial charge in [-0.1, -0.05) is 17.7 Å². The van der Waals surface area contributed by atoms with Gasteiger partial charge in [0.25, 0.3) is 5.91 Å². The highest BCUT2D eigenvalue weighted by Crippen LogP contribution is 2.27. The van der Waals surface area contributed by atoms with Crippen LogP contribution in [0.15, 0.2) is 40.9 Å². The molecule has 20 heavy (non-hydrogen) atoms. The third-order valence-electron chi connectivity index (χ3n) is 3.26. The molecule has 0 bridgehead atoms. The van der Waals surface area contributed by atoms with E-state index in [4.69, 9.17) is 11.6 Å². The summed E-state index contributed by atoms with van der Waals surface area (Å²) in [5, 5.41) is 6.77. The lowest BCUT2D eigenvalue weighted by Gasteiger charge is -2.09. The summed E-state index contributed by atoms with van der Waals surface area (Å²) in [6.45, 7) is 0.934. The average Bonchev–Trinajstić information content (AvgIpc) is 2.89. The maximum absolute atomic E-state index is 12.3. The highest BCUT2D eigenvalue weighted by atomic mass is 79.9. The quantitative estimate of drug-likeness (QED) is 0.846. The number of rotatable bonds is 2. The van der Waals surface area contributed by atoms with Crippen LogP contribution in [-0.2, 0) is 6.42 Å². The number of benzene rings is 2. The molecule has 1 amide bonds. The molecule has 0 radical (unpaired) electrons. The van der Waals surface area contributed by atoms with Gasteiger partial charge in [-0.2, -0.15) is 0 Å². The van der Waals surface area contributed by atoms with Crippen LogP contribution in [0.5, 0.6) is 0 Å². The van der Waals surface area contributed by atoms with E-state index in [1.54, 1.807) is 18.2 Å². The lowest BCUT2D eigenvalue weighted by molar-refractivity contribution is 0.102. The van der Waals surface area contributed by atoms with Gasteiger partial charge in [0.05, 0.1) is 5.69 Å². The first-order valence-corrected chi connectivity index (χ1v) is 7.44. The molecule has 0 aromatic heterocycles. The first-order valence-electron chi connectivity index (χ1n) is 6.27. The maximum Gasteiger partial charge on any atom is 0.255 e. The summed E-state index contributed by atoms with van der Waals surface area (Å²) in [7, 11) is 0. The van der Waals surface area contributed by atoms with Gasteiger partial charge in [-0.15, -0.1) is 0 Å². The van der Waals surface area contributed by atoms with Crippen LogP contribution in [-0.4, -0.2) is 12.5 Å². The van der Waals surface area contributed by atoms with Crippen LogP contribution in [0.1, 0.15) is 15.9 Å². The maximum atomic E-state index is 12.3. The topological polar surface area (TPSA) is 41.1 Å². The van der Waals surface area contributed by atoms with E-state index in [0.717, 1.165) is 23.1 Å². The summed E-state index contributed by atoms with van der Waals surface area (Å²) in [5.41, 5.74) is 3.65. The SMILES string of the molecule is O=C(Nc1ccc(Cl)cc1Br)c1ccc2c(c1)NCC2.